The van der Waals surface area contributed by atoms with Crippen LogP contribution in [0.15, 0.2) is 29.6 Å². The number of hydrogen-bond donors (Lipinski definition) is 3. The molecule has 0 aliphatic heterocycles. The van der Waals surface area contributed by atoms with Gasteiger partial charge in [0.05, 0.1) is 22.0 Å². The molecule has 1 heterocycles. The lowest BCUT2D eigenvalue weighted by molar-refractivity contribution is -0.0388. The number of aromatic nitrogens is 1. The van der Waals surface area contributed by atoms with E-state index in [1.807, 2.05) is 36.6 Å². The lowest BCUT2D eigenvalue weighted by atomic mass is 9.78. The number of nitrogens with one attached hydrogen (secondary N) is 2. The summed E-state index contributed by atoms with van der Waals surface area (Å²) in [6.07, 6.45) is 3.35. The molecule has 6 heteroatoms. The van der Waals surface area contributed by atoms with Crippen LogP contribution in [0.2, 0.25) is 0 Å². The van der Waals surface area contributed by atoms with Gasteiger partial charge in [0, 0.05) is 17.5 Å². The molecule has 0 unspecified atom stereocenters. The fraction of sp³-hybridized carbons (Fsp3) is 0.412. The van der Waals surface area contributed by atoms with Crippen molar-refractivity contribution >= 4 is 23.1 Å². The van der Waals surface area contributed by atoms with E-state index in [0.717, 1.165) is 41.2 Å². The van der Waals surface area contributed by atoms with Crippen molar-refractivity contribution in [2.24, 2.45) is 0 Å². The van der Waals surface area contributed by atoms with Gasteiger partial charge < -0.3 is 15.7 Å². The third-order valence-electron chi connectivity index (χ3n) is 4.23. The van der Waals surface area contributed by atoms with E-state index in [9.17, 15) is 9.90 Å². The molecule has 0 atom stereocenters. The number of amides is 2. The van der Waals surface area contributed by atoms with Crippen LogP contribution >= 0.6 is 11.3 Å². The fourth-order valence-corrected chi connectivity index (χ4v) is 3.33. The summed E-state index contributed by atoms with van der Waals surface area (Å²) in [5.74, 6) is 0. The predicted octanol–water partition coefficient (Wildman–Crippen LogP) is 3.55. The standard InChI is InChI=1S/C17H21N3O2S/c1-12-19-15(11-23-12)13-5-2-3-6-14(13)20-16(21)18-10-9-17(22)7-4-8-17/h2-3,5-6,11,22H,4,7-10H2,1H3,(H2,18,20,21). The van der Waals surface area contributed by atoms with Crippen molar-refractivity contribution in [3.8, 4) is 11.3 Å². The molecule has 1 aliphatic carbocycles. The van der Waals surface area contributed by atoms with Gasteiger partial charge >= 0.3 is 6.03 Å². The van der Waals surface area contributed by atoms with Crippen molar-refractivity contribution in [2.45, 2.75) is 38.2 Å². The SMILES string of the molecule is Cc1nc(-c2ccccc2NC(=O)NCCC2(O)CCC2)cs1. The molecule has 122 valence electrons. The van der Waals surface area contributed by atoms with Gasteiger partial charge in [0.1, 0.15) is 0 Å². The summed E-state index contributed by atoms with van der Waals surface area (Å²) in [4.78, 5) is 16.5. The summed E-state index contributed by atoms with van der Waals surface area (Å²) in [5.41, 5.74) is 1.94. The van der Waals surface area contributed by atoms with E-state index in [1.165, 1.54) is 0 Å². The Balaban J connectivity index is 1.60. The van der Waals surface area contributed by atoms with E-state index >= 15 is 0 Å². The Bertz CT molecular complexity index is 695. The van der Waals surface area contributed by atoms with Gasteiger partial charge in [-0.1, -0.05) is 18.2 Å². The number of benzene rings is 1. The van der Waals surface area contributed by atoms with E-state index in [1.54, 1.807) is 11.3 Å². The second-order valence-electron chi connectivity index (χ2n) is 6.01. The van der Waals surface area contributed by atoms with Crippen molar-refractivity contribution in [2.75, 3.05) is 11.9 Å². The van der Waals surface area contributed by atoms with Crippen LogP contribution < -0.4 is 10.6 Å². The minimum absolute atomic E-state index is 0.257. The van der Waals surface area contributed by atoms with Crippen molar-refractivity contribution in [3.63, 3.8) is 0 Å². The Morgan fingerprint density at radius 1 is 1.39 bits per heavy atom. The Kier molecular flexibility index (Phi) is 4.63. The molecule has 1 aromatic carbocycles. The molecule has 1 saturated carbocycles. The fourth-order valence-electron chi connectivity index (χ4n) is 2.71. The first-order chi connectivity index (χ1) is 11.1. The molecular formula is C17H21N3O2S. The Morgan fingerprint density at radius 3 is 2.83 bits per heavy atom. The molecule has 3 N–H and O–H groups in total. The first kappa shape index (κ1) is 16.0. The maximum Gasteiger partial charge on any atom is 0.319 e. The normalized spacial score (nSPS) is 15.7. The smallest absolute Gasteiger partial charge is 0.319 e. The van der Waals surface area contributed by atoms with Crippen LogP contribution in [0.3, 0.4) is 0 Å². The second kappa shape index (κ2) is 6.68. The molecule has 23 heavy (non-hydrogen) atoms. The van der Waals surface area contributed by atoms with Crippen LogP contribution in [0, 0.1) is 6.92 Å². The van der Waals surface area contributed by atoms with Crippen LogP contribution in [-0.2, 0) is 0 Å². The molecule has 0 spiro atoms. The van der Waals surface area contributed by atoms with Gasteiger partial charge in [-0.3, -0.25) is 0 Å². The molecule has 3 rings (SSSR count). The largest absolute Gasteiger partial charge is 0.390 e. The average Bonchev–Trinajstić information content (AvgIpc) is 2.92. The zero-order valence-corrected chi connectivity index (χ0v) is 13.9. The van der Waals surface area contributed by atoms with Crippen molar-refractivity contribution in [1.82, 2.24) is 10.3 Å². The maximum absolute atomic E-state index is 12.1. The van der Waals surface area contributed by atoms with Gasteiger partial charge in [-0.15, -0.1) is 11.3 Å². The van der Waals surface area contributed by atoms with Gasteiger partial charge in [-0.05, 0) is 38.7 Å². The molecule has 2 amide bonds. The third-order valence-corrected chi connectivity index (χ3v) is 5.00. The Morgan fingerprint density at radius 2 is 2.17 bits per heavy atom. The number of thiazole rings is 1. The number of nitrogens with zero attached hydrogens (tertiary/aromatic N) is 1. The summed E-state index contributed by atoms with van der Waals surface area (Å²) in [6, 6.07) is 7.37. The third kappa shape index (κ3) is 3.89. The van der Waals surface area contributed by atoms with Crippen molar-refractivity contribution in [3.05, 3.63) is 34.7 Å². The van der Waals surface area contributed by atoms with Gasteiger partial charge in [0.25, 0.3) is 0 Å². The van der Waals surface area contributed by atoms with Crippen LogP contribution in [0.5, 0.6) is 0 Å². The number of carbonyl (C=O) groups excluding carboxylic acids is 1. The van der Waals surface area contributed by atoms with E-state index in [2.05, 4.69) is 15.6 Å². The molecule has 0 radical (unpaired) electrons. The van der Waals surface area contributed by atoms with Crippen LogP contribution in [0.1, 0.15) is 30.7 Å². The molecule has 2 aromatic rings. The lowest BCUT2D eigenvalue weighted by Gasteiger charge is -2.36. The molecule has 5 nitrogen and oxygen atoms in total. The predicted molar refractivity (Wildman–Crippen MR) is 92.7 cm³/mol. The van der Waals surface area contributed by atoms with Gasteiger partial charge in [0.15, 0.2) is 0 Å². The summed E-state index contributed by atoms with van der Waals surface area (Å²) >= 11 is 1.59. The van der Waals surface area contributed by atoms with E-state index in [4.69, 9.17) is 0 Å². The zero-order chi connectivity index (χ0) is 16.3. The lowest BCUT2D eigenvalue weighted by Crippen LogP contribution is -2.41. The highest BCUT2D eigenvalue weighted by Crippen LogP contribution is 2.34. The average molecular weight is 331 g/mol. The maximum atomic E-state index is 12.1. The van der Waals surface area contributed by atoms with Gasteiger partial charge in [-0.2, -0.15) is 0 Å². The van der Waals surface area contributed by atoms with Crippen LogP contribution in [0.25, 0.3) is 11.3 Å². The summed E-state index contributed by atoms with van der Waals surface area (Å²) < 4.78 is 0. The minimum Gasteiger partial charge on any atom is -0.390 e. The highest BCUT2D eigenvalue weighted by Gasteiger charge is 2.33. The number of para-hydroxylation sites is 1. The van der Waals surface area contributed by atoms with Crippen molar-refractivity contribution < 1.29 is 9.90 Å². The quantitative estimate of drug-likeness (QED) is 0.784. The van der Waals surface area contributed by atoms with Gasteiger partial charge in [0.2, 0.25) is 0 Å². The second-order valence-corrected chi connectivity index (χ2v) is 7.07. The first-order valence-corrected chi connectivity index (χ1v) is 8.72. The number of hydrogen-bond acceptors (Lipinski definition) is 4. The molecule has 1 aliphatic rings. The topological polar surface area (TPSA) is 74.2 Å². The summed E-state index contributed by atoms with van der Waals surface area (Å²) in [6.45, 7) is 2.43. The Hall–Kier alpha value is -1.92. The van der Waals surface area contributed by atoms with E-state index < -0.39 is 5.60 Å². The molecular weight excluding hydrogens is 310 g/mol. The van der Waals surface area contributed by atoms with Crippen LogP contribution in [-0.4, -0.2) is 28.3 Å². The van der Waals surface area contributed by atoms with Crippen molar-refractivity contribution in [1.29, 1.82) is 0 Å². The molecule has 0 bridgehead atoms. The number of urea groups is 1. The van der Waals surface area contributed by atoms with Crippen LogP contribution in [0.4, 0.5) is 10.5 Å². The molecule has 0 saturated heterocycles. The zero-order valence-electron chi connectivity index (χ0n) is 13.1. The first-order valence-electron chi connectivity index (χ1n) is 7.85. The van der Waals surface area contributed by atoms with E-state index in [-0.39, 0.29) is 6.03 Å². The highest BCUT2D eigenvalue weighted by molar-refractivity contribution is 7.09. The number of aliphatic hydroxyl groups is 1. The Labute approximate surface area is 139 Å². The molecule has 1 aromatic heterocycles. The number of aryl methyl sites for hydroxylation is 1. The molecule has 1 fully saturated rings. The summed E-state index contributed by atoms with van der Waals surface area (Å²) in [5, 5.41) is 18.7. The minimum atomic E-state index is -0.566. The van der Waals surface area contributed by atoms with Gasteiger partial charge in [-0.25, -0.2) is 9.78 Å². The summed E-state index contributed by atoms with van der Waals surface area (Å²) in [7, 11) is 0. The van der Waals surface area contributed by atoms with E-state index in [0.29, 0.717) is 13.0 Å². The number of carbonyl (C=O) groups is 1. The highest BCUT2D eigenvalue weighted by atomic mass is 32.1. The number of anilines is 1. The monoisotopic (exact) mass is 331 g/mol. The number of rotatable bonds is 5.